The lowest BCUT2D eigenvalue weighted by Crippen LogP contribution is -2.42. The molecule has 8 nitrogen and oxygen atoms in total. The molecule has 1 aromatic carbocycles. The number of hydrogen-bond acceptors (Lipinski definition) is 5. The summed E-state index contributed by atoms with van der Waals surface area (Å²) in [6.45, 7) is 1.55. The van der Waals surface area contributed by atoms with E-state index in [2.05, 4.69) is 30.3 Å². The highest BCUT2D eigenvalue weighted by molar-refractivity contribution is 6.31. The Morgan fingerprint density at radius 2 is 1.78 bits per heavy atom. The van der Waals surface area contributed by atoms with Crippen molar-refractivity contribution in [1.29, 1.82) is 5.41 Å². The van der Waals surface area contributed by atoms with Crippen molar-refractivity contribution in [3.8, 4) is 5.75 Å². The number of carbonyl (C=O) groups is 1. The van der Waals surface area contributed by atoms with Gasteiger partial charge >= 0.3 is 6.36 Å². The van der Waals surface area contributed by atoms with Crippen molar-refractivity contribution in [2.45, 2.75) is 19.3 Å². The first kappa shape index (κ1) is 27.2. The van der Waals surface area contributed by atoms with Gasteiger partial charge in [0.25, 0.3) is 5.91 Å². The molecule has 0 radical (unpaired) electrons. The summed E-state index contributed by atoms with van der Waals surface area (Å²) in [5.74, 6) is -1.23. The van der Waals surface area contributed by atoms with E-state index in [1.165, 1.54) is 30.6 Å². The number of aromatic nitrogens is 2. The molecule has 1 unspecified atom stereocenters. The van der Waals surface area contributed by atoms with Crippen LogP contribution in [0.25, 0.3) is 0 Å². The lowest BCUT2D eigenvalue weighted by molar-refractivity contribution is -0.274. The van der Waals surface area contributed by atoms with E-state index in [0.717, 1.165) is 12.1 Å². The van der Waals surface area contributed by atoms with Gasteiger partial charge in [-0.15, -0.1) is 13.2 Å². The number of nitrogens with zero attached hydrogens (tertiary/aromatic N) is 3. The van der Waals surface area contributed by atoms with Gasteiger partial charge in [0.05, 0.1) is 11.1 Å². The largest absolute Gasteiger partial charge is 0.573 e. The number of rotatable bonds is 6. The Kier molecular flexibility index (Phi) is 8.72. The molecule has 3 rings (SSSR count). The Morgan fingerprint density at radius 3 is 2.39 bits per heavy atom. The summed E-state index contributed by atoms with van der Waals surface area (Å²) in [6.07, 6.45) is -2.23. The van der Waals surface area contributed by atoms with Crippen molar-refractivity contribution in [2.75, 3.05) is 5.32 Å². The van der Waals surface area contributed by atoms with Crippen LogP contribution < -0.4 is 15.4 Å². The van der Waals surface area contributed by atoms with Crippen molar-refractivity contribution in [3.05, 3.63) is 81.2 Å². The van der Waals surface area contributed by atoms with Crippen LogP contribution in [-0.2, 0) is 0 Å². The Labute approximate surface area is 218 Å². The number of ether oxygens (including phenoxy) is 1. The summed E-state index contributed by atoms with van der Waals surface area (Å²) in [4.78, 5) is 25.1. The summed E-state index contributed by atoms with van der Waals surface area (Å²) in [7, 11) is 0. The van der Waals surface area contributed by atoms with E-state index in [9.17, 15) is 18.0 Å². The zero-order chi connectivity index (χ0) is 26.5. The van der Waals surface area contributed by atoms with Gasteiger partial charge in [0.1, 0.15) is 22.6 Å². The average Bonchev–Trinajstić information content (AvgIpc) is 2.78. The van der Waals surface area contributed by atoms with Gasteiger partial charge in [-0.1, -0.05) is 34.8 Å². The summed E-state index contributed by atoms with van der Waals surface area (Å²) in [5.41, 5.74) is 0.152. The van der Waals surface area contributed by atoms with Gasteiger partial charge in [-0.25, -0.2) is 15.0 Å². The maximum atomic E-state index is 12.8. The molecule has 0 aliphatic heterocycles. The molecule has 0 saturated carbocycles. The first-order valence-electron chi connectivity index (χ1n) is 9.94. The highest BCUT2D eigenvalue weighted by Crippen LogP contribution is 2.27. The molecule has 14 heteroatoms. The van der Waals surface area contributed by atoms with Crippen LogP contribution in [0.15, 0.2) is 59.9 Å². The fourth-order valence-electron chi connectivity index (χ4n) is 2.75. The molecule has 1 atom stereocenters. The minimum Gasteiger partial charge on any atom is -0.406 e. The molecule has 0 saturated heterocycles. The number of anilines is 1. The molecule has 188 valence electrons. The standard InChI is InChI=1S/C22H16Cl3F3N6O2/c1-11(32-21(35)13-6-15(24)8-16(7-13)36-22(26,27)28)20(33-18-5-3-14(23)10-31-18)34-19(29)12-2-4-17(25)30-9-12/h2-11H,1H3,(H,32,35)(H2,29,31,33,34). The Morgan fingerprint density at radius 1 is 1.03 bits per heavy atom. The van der Waals surface area contributed by atoms with Gasteiger partial charge in [0.15, 0.2) is 5.84 Å². The van der Waals surface area contributed by atoms with E-state index >= 15 is 0 Å². The van der Waals surface area contributed by atoms with Gasteiger partial charge in [-0.3, -0.25) is 10.2 Å². The van der Waals surface area contributed by atoms with Gasteiger partial charge in [0.2, 0.25) is 0 Å². The molecule has 36 heavy (non-hydrogen) atoms. The minimum absolute atomic E-state index is 0.0897. The third-order valence-electron chi connectivity index (χ3n) is 4.34. The molecule has 1 amide bonds. The molecule has 2 heterocycles. The number of alkyl halides is 3. The predicted molar refractivity (Wildman–Crippen MR) is 131 cm³/mol. The number of aliphatic imine (C=N–C) groups is 1. The fourth-order valence-corrected chi connectivity index (χ4v) is 3.20. The quantitative estimate of drug-likeness (QED) is 0.195. The number of benzene rings is 1. The molecule has 3 N–H and O–H groups in total. The number of amidine groups is 2. The molecule has 0 bridgehead atoms. The maximum absolute atomic E-state index is 12.8. The molecule has 3 aromatic rings. The van der Waals surface area contributed by atoms with E-state index < -0.39 is 24.1 Å². The minimum atomic E-state index is -4.96. The lowest BCUT2D eigenvalue weighted by atomic mass is 10.1. The van der Waals surface area contributed by atoms with Gasteiger partial charge in [0, 0.05) is 28.5 Å². The number of pyridine rings is 2. The first-order valence-corrected chi connectivity index (χ1v) is 11.1. The van der Waals surface area contributed by atoms with Crippen molar-refractivity contribution in [1.82, 2.24) is 15.3 Å². The van der Waals surface area contributed by atoms with Crippen molar-refractivity contribution in [2.24, 2.45) is 4.99 Å². The van der Waals surface area contributed by atoms with Crippen molar-refractivity contribution >= 4 is 58.2 Å². The highest BCUT2D eigenvalue weighted by Gasteiger charge is 2.31. The average molecular weight is 560 g/mol. The Hall–Kier alpha value is -3.41. The van der Waals surface area contributed by atoms with Crippen LogP contribution in [-0.4, -0.2) is 40.0 Å². The number of carbonyl (C=O) groups excluding carboxylic acids is 1. The predicted octanol–water partition coefficient (Wildman–Crippen LogP) is 5.99. The summed E-state index contributed by atoms with van der Waals surface area (Å²) < 4.78 is 41.7. The number of halogens is 6. The van der Waals surface area contributed by atoms with E-state index in [4.69, 9.17) is 40.2 Å². The van der Waals surface area contributed by atoms with Crippen molar-refractivity contribution < 1.29 is 22.7 Å². The molecule has 0 aliphatic carbocycles. The maximum Gasteiger partial charge on any atom is 0.573 e. The number of amides is 1. The van der Waals surface area contributed by atoms with E-state index in [1.54, 1.807) is 19.1 Å². The van der Waals surface area contributed by atoms with Crippen LogP contribution in [0.2, 0.25) is 15.2 Å². The smallest absolute Gasteiger partial charge is 0.406 e. The van der Waals surface area contributed by atoms with Gasteiger partial charge in [-0.2, -0.15) is 0 Å². The second-order valence-electron chi connectivity index (χ2n) is 7.12. The molecule has 0 fully saturated rings. The molecule has 0 aliphatic rings. The number of nitrogens with one attached hydrogen (secondary N) is 3. The summed E-state index contributed by atoms with van der Waals surface area (Å²) in [6, 6.07) is 8.28. The Bertz CT molecular complexity index is 1290. The van der Waals surface area contributed by atoms with E-state index in [1.807, 2.05) is 0 Å². The Balaban J connectivity index is 1.87. The van der Waals surface area contributed by atoms with Crippen LogP contribution in [0.1, 0.15) is 22.8 Å². The highest BCUT2D eigenvalue weighted by atomic mass is 35.5. The van der Waals surface area contributed by atoms with Crippen LogP contribution in [0.5, 0.6) is 5.75 Å². The fraction of sp³-hybridized carbons (Fsp3) is 0.136. The molecular formula is C22H16Cl3F3N6O2. The van der Waals surface area contributed by atoms with Gasteiger partial charge < -0.3 is 15.4 Å². The third-order valence-corrected chi connectivity index (χ3v) is 5.01. The zero-order valence-corrected chi connectivity index (χ0v) is 20.5. The topological polar surface area (TPSA) is 112 Å². The van der Waals surface area contributed by atoms with E-state index in [-0.39, 0.29) is 27.4 Å². The summed E-state index contributed by atoms with van der Waals surface area (Å²) in [5, 5.41) is 14.3. The van der Waals surface area contributed by atoms with E-state index in [0.29, 0.717) is 16.4 Å². The van der Waals surface area contributed by atoms with Crippen LogP contribution in [0, 0.1) is 5.41 Å². The molecule has 0 spiro atoms. The molecular weight excluding hydrogens is 544 g/mol. The first-order chi connectivity index (χ1) is 16.9. The molecule has 2 aromatic heterocycles. The lowest BCUT2D eigenvalue weighted by Gasteiger charge is -2.19. The monoisotopic (exact) mass is 558 g/mol. The van der Waals surface area contributed by atoms with Crippen LogP contribution in [0.4, 0.5) is 19.0 Å². The van der Waals surface area contributed by atoms with Crippen LogP contribution >= 0.6 is 34.8 Å². The zero-order valence-electron chi connectivity index (χ0n) is 18.2. The third kappa shape index (κ3) is 8.08. The normalized spacial score (nSPS) is 12.6. The SMILES string of the molecule is CC(NC(=O)c1cc(Cl)cc(OC(F)(F)F)c1)/C(=N/C(=N)c1ccc(Cl)nc1)Nc1ccc(Cl)cn1. The second kappa shape index (κ2) is 11.5. The van der Waals surface area contributed by atoms with Crippen molar-refractivity contribution in [3.63, 3.8) is 0 Å². The second-order valence-corrected chi connectivity index (χ2v) is 8.38. The van der Waals surface area contributed by atoms with Crippen LogP contribution in [0.3, 0.4) is 0 Å². The summed E-state index contributed by atoms with van der Waals surface area (Å²) >= 11 is 17.5. The number of hydrogen-bond donors (Lipinski definition) is 3. The van der Waals surface area contributed by atoms with Gasteiger partial charge in [-0.05, 0) is 49.4 Å².